The SMILES string of the molecule is CC1C=NC2=C(CCC(=O)N2)C1Oc1ccc2c(c1)C1C(O2)C1c1nc2cc(C(F)(F)F)ccc2n1C. The normalized spacial score (nSPS) is 27.9. The third-order valence-electron chi connectivity index (χ3n) is 7.80. The molecule has 37 heavy (non-hydrogen) atoms. The van der Waals surface area contributed by atoms with Crippen molar-refractivity contribution in [2.24, 2.45) is 18.0 Å². The number of aromatic nitrogens is 2. The molecule has 0 spiro atoms. The fraction of sp³-hybridized carbons (Fsp3) is 0.370. The number of benzene rings is 2. The van der Waals surface area contributed by atoms with Gasteiger partial charge >= 0.3 is 6.18 Å². The molecular weight excluding hydrogens is 485 g/mol. The molecule has 1 fully saturated rings. The topological polar surface area (TPSA) is 77.7 Å². The van der Waals surface area contributed by atoms with Crippen molar-refractivity contribution >= 4 is 23.2 Å². The van der Waals surface area contributed by atoms with Gasteiger partial charge in [0.1, 0.15) is 35.4 Å². The molecule has 5 unspecified atom stereocenters. The van der Waals surface area contributed by atoms with Crippen LogP contribution in [-0.4, -0.2) is 33.9 Å². The summed E-state index contributed by atoms with van der Waals surface area (Å²) in [6.07, 6.45) is -1.94. The van der Waals surface area contributed by atoms with Crippen molar-refractivity contribution < 1.29 is 27.4 Å². The fourth-order valence-corrected chi connectivity index (χ4v) is 5.86. The van der Waals surface area contributed by atoms with Crippen LogP contribution in [-0.2, 0) is 18.0 Å². The second-order valence-electron chi connectivity index (χ2n) is 10.2. The second kappa shape index (κ2) is 7.60. The Morgan fingerprint density at radius 3 is 2.78 bits per heavy atom. The van der Waals surface area contributed by atoms with Crippen molar-refractivity contribution in [3.8, 4) is 11.5 Å². The lowest BCUT2D eigenvalue weighted by Gasteiger charge is -2.32. The number of amides is 1. The molecule has 10 heteroatoms. The zero-order chi connectivity index (χ0) is 25.6. The molecule has 7 nitrogen and oxygen atoms in total. The van der Waals surface area contributed by atoms with Gasteiger partial charge in [-0.25, -0.2) is 9.98 Å². The first-order valence-corrected chi connectivity index (χ1v) is 12.3. The number of hydrogen-bond acceptors (Lipinski definition) is 5. The first-order chi connectivity index (χ1) is 17.7. The maximum absolute atomic E-state index is 13.2. The fourth-order valence-electron chi connectivity index (χ4n) is 5.86. The van der Waals surface area contributed by atoms with Crippen molar-refractivity contribution in [2.75, 3.05) is 0 Å². The first kappa shape index (κ1) is 22.4. The molecule has 4 heterocycles. The number of hydrogen-bond donors (Lipinski definition) is 1. The highest BCUT2D eigenvalue weighted by Crippen LogP contribution is 2.63. The Balaban J connectivity index is 1.16. The number of halogens is 3. The molecular formula is C27H23F3N4O3. The minimum absolute atomic E-state index is 0.0405. The number of aliphatic imine (C=N–C) groups is 1. The summed E-state index contributed by atoms with van der Waals surface area (Å²) >= 11 is 0. The summed E-state index contributed by atoms with van der Waals surface area (Å²) in [5, 5.41) is 2.83. The third-order valence-corrected chi connectivity index (χ3v) is 7.80. The molecule has 0 saturated heterocycles. The second-order valence-corrected chi connectivity index (χ2v) is 10.2. The number of carbonyl (C=O) groups is 1. The highest BCUT2D eigenvalue weighted by atomic mass is 19.4. The van der Waals surface area contributed by atoms with Crippen LogP contribution in [0.25, 0.3) is 11.0 Å². The Morgan fingerprint density at radius 1 is 1.14 bits per heavy atom. The standard InChI is InChI=1S/C27H23F3N4O3/c1-12-11-31-25-15(5-8-20(35)33-25)23(12)36-14-4-7-19-16(10-14)21-22(24(21)37-19)26-32-17-9-13(27(28,29)30)3-6-18(17)34(26)2/h3-4,6-7,9-12,21-24H,5,8H2,1-2H3,(H,33,35). The van der Waals surface area contributed by atoms with Gasteiger partial charge in [-0.2, -0.15) is 13.2 Å². The zero-order valence-electron chi connectivity index (χ0n) is 20.0. The average Bonchev–Trinajstić information content (AvgIpc) is 3.27. The molecule has 4 aliphatic rings. The molecule has 1 amide bonds. The highest BCUT2D eigenvalue weighted by molar-refractivity contribution is 5.81. The molecule has 5 atom stereocenters. The van der Waals surface area contributed by atoms with Gasteiger partial charge < -0.3 is 19.4 Å². The number of aryl methyl sites for hydroxylation is 1. The van der Waals surface area contributed by atoms with E-state index in [9.17, 15) is 18.0 Å². The molecule has 1 saturated carbocycles. The number of ether oxygens (including phenoxy) is 2. The van der Waals surface area contributed by atoms with E-state index in [2.05, 4.69) is 15.3 Å². The van der Waals surface area contributed by atoms with Gasteiger partial charge in [-0.05, 0) is 42.8 Å². The van der Waals surface area contributed by atoms with Gasteiger partial charge in [0.15, 0.2) is 0 Å². The van der Waals surface area contributed by atoms with Crippen LogP contribution >= 0.6 is 0 Å². The summed E-state index contributed by atoms with van der Waals surface area (Å²) < 4.78 is 54.0. The molecule has 1 aliphatic carbocycles. The van der Waals surface area contributed by atoms with Gasteiger partial charge in [0.05, 0.1) is 22.5 Å². The zero-order valence-corrected chi connectivity index (χ0v) is 20.0. The molecule has 3 aliphatic heterocycles. The van der Waals surface area contributed by atoms with Crippen molar-refractivity contribution in [3.63, 3.8) is 0 Å². The number of alkyl halides is 3. The van der Waals surface area contributed by atoms with Crippen molar-refractivity contribution in [3.05, 3.63) is 64.7 Å². The van der Waals surface area contributed by atoms with E-state index in [1.807, 2.05) is 36.7 Å². The Bertz CT molecular complexity index is 1540. The van der Waals surface area contributed by atoms with Gasteiger partial charge in [0.2, 0.25) is 5.91 Å². The molecule has 0 bridgehead atoms. The van der Waals surface area contributed by atoms with Crippen LogP contribution in [0.3, 0.4) is 0 Å². The van der Waals surface area contributed by atoms with Crippen LogP contribution < -0.4 is 14.8 Å². The van der Waals surface area contributed by atoms with E-state index in [-0.39, 0.29) is 35.9 Å². The minimum Gasteiger partial charge on any atom is -0.489 e. The van der Waals surface area contributed by atoms with Crippen molar-refractivity contribution in [1.82, 2.24) is 14.9 Å². The highest BCUT2D eigenvalue weighted by Gasteiger charge is 2.61. The van der Waals surface area contributed by atoms with Gasteiger partial charge in [-0.3, -0.25) is 4.79 Å². The number of nitrogens with zero attached hydrogens (tertiary/aromatic N) is 3. The monoisotopic (exact) mass is 508 g/mol. The summed E-state index contributed by atoms with van der Waals surface area (Å²) in [5.74, 6) is 2.81. The van der Waals surface area contributed by atoms with Gasteiger partial charge in [0, 0.05) is 42.7 Å². The smallest absolute Gasteiger partial charge is 0.416 e. The van der Waals surface area contributed by atoms with Crippen LogP contribution in [0.2, 0.25) is 0 Å². The van der Waals surface area contributed by atoms with Gasteiger partial charge in [-0.1, -0.05) is 6.92 Å². The Kier molecular flexibility index (Phi) is 4.59. The lowest BCUT2D eigenvalue weighted by atomic mass is 9.90. The van der Waals surface area contributed by atoms with E-state index in [0.717, 1.165) is 29.0 Å². The predicted octanol–water partition coefficient (Wildman–Crippen LogP) is 4.82. The summed E-state index contributed by atoms with van der Waals surface area (Å²) in [4.78, 5) is 20.8. The Hall–Kier alpha value is -3.82. The molecule has 0 radical (unpaired) electrons. The van der Waals surface area contributed by atoms with E-state index in [1.165, 1.54) is 6.07 Å². The molecule has 3 aromatic rings. The van der Waals surface area contributed by atoms with E-state index in [0.29, 0.717) is 41.3 Å². The lowest BCUT2D eigenvalue weighted by molar-refractivity contribution is -0.137. The van der Waals surface area contributed by atoms with E-state index in [1.54, 1.807) is 6.21 Å². The molecule has 190 valence electrons. The number of fused-ring (bicyclic) bond motifs is 4. The predicted molar refractivity (Wildman–Crippen MR) is 129 cm³/mol. The molecule has 2 aromatic carbocycles. The van der Waals surface area contributed by atoms with E-state index in [4.69, 9.17) is 9.47 Å². The summed E-state index contributed by atoms with van der Waals surface area (Å²) in [7, 11) is 1.83. The number of imidazole rings is 1. The average molecular weight is 509 g/mol. The Morgan fingerprint density at radius 2 is 1.97 bits per heavy atom. The van der Waals surface area contributed by atoms with Gasteiger partial charge in [-0.15, -0.1) is 0 Å². The van der Waals surface area contributed by atoms with Gasteiger partial charge in [0.25, 0.3) is 0 Å². The van der Waals surface area contributed by atoms with Crippen molar-refractivity contribution in [2.45, 2.75) is 50.0 Å². The van der Waals surface area contributed by atoms with Crippen LogP contribution in [0.1, 0.15) is 48.6 Å². The maximum atomic E-state index is 13.2. The van der Waals surface area contributed by atoms with Crippen molar-refractivity contribution in [1.29, 1.82) is 0 Å². The van der Waals surface area contributed by atoms with Crippen LogP contribution in [0.15, 0.2) is 52.8 Å². The van der Waals surface area contributed by atoms with Crippen LogP contribution in [0.5, 0.6) is 11.5 Å². The van der Waals surface area contributed by atoms with Crippen LogP contribution in [0, 0.1) is 5.92 Å². The minimum atomic E-state index is -4.41. The van der Waals surface area contributed by atoms with E-state index >= 15 is 0 Å². The number of carbonyl (C=O) groups excluding carboxylic acids is 1. The largest absolute Gasteiger partial charge is 0.489 e. The summed E-state index contributed by atoms with van der Waals surface area (Å²) in [5.41, 5.74) is 2.28. The number of nitrogens with one attached hydrogen (secondary N) is 1. The molecule has 7 rings (SSSR count). The molecule has 1 N–H and O–H groups in total. The Labute approximate surface area is 210 Å². The van der Waals surface area contributed by atoms with E-state index < -0.39 is 11.7 Å². The maximum Gasteiger partial charge on any atom is 0.416 e. The quantitative estimate of drug-likeness (QED) is 0.550. The third kappa shape index (κ3) is 3.45. The number of rotatable bonds is 3. The first-order valence-electron chi connectivity index (χ1n) is 12.3. The summed E-state index contributed by atoms with van der Waals surface area (Å²) in [6.45, 7) is 2.04. The lowest BCUT2D eigenvalue weighted by Crippen LogP contribution is -2.39. The summed E-state index contributed by atoms with van der Waals surface area (Å²) in [6, 6.07) is 9.43. The molecule has 1 aromatic heterocycles. The van der Waals surface area contributed by atoms with Crippen LogP contribution in [0.4, 0.5) is 13.2 Å².